The molecule has 0 N–H and O–H groups in total. The second-order valence-electron chi connectivity index (χ2n) is 5.08. The van der Waals surface area contributed by atoms with Gasteiger partial charge >= 0.3 is 0 Å². The molecule has 0 saturated heterocycles. The van der Waals surface area contributed by atoms with Gasteiger partial charge in [-0.05, 0) is 30.9 Å². The Morgan fingerprint density at radius 3 is 2.47 bits per heavy atom. The first-order valence-corrected chi connectivity index (χ1v) is 7.92. The van der Waals surface area contributed by atoms with Crippen molar-refractivity contribution in [3.63, 3.8) is 0 Å². The van der Waals surface area contributed by atoms with Gasteiger partial charge < -0.3 is 0 Å². The molecule has 0 aliphatic carbocycles. The lowest BCUT2D eigenvalue weighted by Crippen LogP contribution is -2.28. The van der Waals surface area contributed by atoms with Crippen LogP contribution in [-0.2, 0) is 18.9 Å². The van der Waals surface area contributed by atoms with Crippen LogP contribution >= 0.6 is 15.9 Å². The minimum atomic E-state index is 0.214. The summed E-state index contributed by atoms with van der Waals surface area (Å²) >= 11 is 3.73. The molecule has 1 aromatic heterocycles. The van der Waals surface area contributed by atoms with Crippen LogP contribution in [0.3, 0.4) is 0 Å². The van der Waals surface area contributed by atoms with Gasteiger partial charge in [0.1, 0.15) is 0 Å². The number of benzene rings is 1. The summed E-state index contributed by atoms with van der Waals surface area (Å²) in [4.78, 5) is 0. The maximum Gasteiger partial charge on any atom is 0.0492 e. The van der Waals surface area contributed by atoms with Gasteiger partial charge in [0.05, 0.1) is 0 Å². The number of aryl methyl sites for hydroxylation is 2. The quantitative estimate of drug-likeness (QED) is 0.733. The zero-order valence-electron chi connectivity index (χ0n) is 11.6. The number of aromatic nitrogens is 2. The summed E-state index contributed by atoms with van der Waals surface area (Å²) in [7, 11) is 2.01. The third-order valence-corrected chi connectivity index (χ3v) is 5.17. The van der Waals surface area contributed by atoms with Crippen LogP contribution in [0, 0.1) is 0 Å². The van der Waals surface area contributed by atoms with Crippen LogP contribution in [0.15, 0.2) is 42.6 Å². The molecule has 0 radical (unpaired) electrons. The first-order chi connectivity index (χ1) is 9.22. The van der Waals surface area contributed by atoms with Gasteiger partial charge in [-0.1, -0.05) is 53.2 Å². The molecule has 1 unspecified atom stereocenters. The van der Waals surface area contributed by atoms with Crippen molar-refractivity contribution in [2.24, 2.45) is 7.05 Å². The zero-order valence-corrected chi connectivity index (χ0v) is 13.2. The Bertz CT molecular complexity index is 500. The Hall–Kier alpha value is -1.09. The molecule has 0 spiro atoms. The highest BCUT2D eigenvalue weighted by Gasteiger charge is 2.28. The van der Waals surface area contributed by atoms with Crippen molar-refractivity contribution in [2.75, 3.05) is 5.33 Å². The predicted molar refractivity (Wildman–Crippen MR) is 83.7 cm³/mol. The number of rotatable bonds is 6. The van der Waals surface area contributed by atoms with Gasteiger partial charge in [0.25, 0.3) is 0 Å². The van der Waals surface area contributed by atoms with Crippen molar-refractivity contribution >= 4 is 15.9 Å². The van der Waals surface area contributed by atoms with Crippen molar-refractivity contribution in [1.82, 2.24) is 9.78 Å². The Morgan fingerprint density at radius 2 is 1.95 bits per heavy atom. The monoisotopic (exact) mass is 320 g/mol. The van der Waals surface area contributed by atoms with Gasteiger partial charge in [-0.15, -0.1) is 0 Å². The number of halogens is 1. The van der Waals surface area contributed by atoms with E-state index in [9.17, 15) is 0 Å². The predicted octanol–water partition coefficient (Wildman–Crippen LogP) is 4.10. The molecule has 0 aliphatic heterocycles. The normalized spacial score (nSPS) is 14.3. The lowest BCUT2D eigenvalue weighted by Gasteiger charge is -2.31. The van der Waals surface area contributed by atoms with Crippen LogP contribution < -0.4 is 0 Å². The second kappa shape index (κ2) is 6.38. The van der Waals surface area contributed by atoms with Gasteiger partial charge in [0.15, 0.2) is 0 Å². The summed E-state index contributed by atoms with van der Waals surface area (Å²) in [5, 5.41) is 5.25. The third-order valence-electron chi connectivity index (χ3n) is 4.10. The molecule has 2 aromatic rings. The maximum atomic E-state index is 4.25. The number of hydrogen-bond donors (Lipinski definition) is 0. The van der Waals surface area contributed by atoms with Crippen molar-refractivity contribution in [1.29, 1.82) is 0 Å². The van der Waals surface area contributed by atoms with Crippen LogP contribution in [0.5, 0.6) is 0 Å². The van der Waals surface area contributed by atoms with Crippen LogP contribution in [0.4, 0.5) is 0 Å². The summed E-state index contributed by atoms with van der Waals surface area (Å²) < 4.78 is 1.97. The van der Waals surface area contributed by atoms with Crippen LogP contribution in [0.25, 0.3) is 0 Å². The van der Waals surface area contributed by atoms with E-state index in [0.717, 1.165) is 24.6 Å². The largest absolute Gasteiger partial charge is 0.273 e. The van der Waals surface area contributed by atoms with E-state index in [4.69, 9.17) is 0 Å². The topological polar surface area (TPSA) is 17.8 Å². The molecule has 0 fully saturated rings. The Labute approximate surface area is 124 Å². The number of alkyl halides is 1. The lowest BCUT2D eigenvalue weighted by atomic mass is 9.76. The highest BCUT2D eigenvalue weighted by atomic mass is 79.9. The number of hydrogen-bond acceptors (Lipinski definition) is 1. The van der Waals surface area contributed by atoms with E-state index in [2.05, 4.69) is 64.4 Å². The molecule has 1 aromatic carbocycles. The molecule has 19 heavy (non-hydrogen) atoms. The third kappa shape index (κ3) is 3.08. The van der Waals surface area contributed by atoms with Crippen molar-refractivity contribution in [2.45, 2.75) is 31.6 Å². The molecule has 3 heteroatoms. The van der Waals surface area contributed by atoms with Crippen molar-refractivity contribution in [3.8, 4) is 0 Å². The van der Waals surface area contributed by atoms with E-state index >= 15 is 0 Å². The lowest BCUT2D eigenvalue weighted by molar-refractivity contribution is 0.424. The van der Waals surface area contributed by atoms with Gasteiger partial charge in [0, 0.05) is 29.7 Å². The molecule has 1 atom stereocenters. The SMILES string of the molecule is CCC(CBr)(CCc1ccnn1C)c1ccccc1. The van der Waals surface area contributed by atoms with E-state index in [1.54, 1.807) is 0 Å². The fraction of sp³-hybridized carbons (Fsp3) is 0.438. The maximum absolute atomic E-state index is 4.25. The summed E-state index contributed by atoms with van der Waals surface area (Å²) in [6.07, 6.45) is 5.21. The summed E-state index contributed by atoms with van der Waals surface area (Å²) in [5.74, 6) is 0. The van der Waals surface area contributed by atoms with E-state index in [0.29, 0.717) is 0 Å². The minimum absolute atomic E-state index is 0.214. The molecule has 102 valence electrons. The Kier molecular flexibility index (Phi) is 4.81. The Balaban J connectivity index is 2.18. The second-order valence-corrected chi connectivity index (χ2v) is 5.64. The van der Waals surface area contributed by atoms with Crippen LogP contribution in [-0.4, -0.2) is 15.1 Å². The number of nitrogens with zero attached hydrogens (tertiary/aromatic N) is 2. The molecular weight excluding hydrogens is 300 g/mol. The average Bonchev–Trinajstić information content (AvgIpc) is 2.87. The molecular formula is C16H21BrN2. The molecule has 2 nitrogen and oxygen atoms in total. The summed E-state index contributed by atoms with van der Waals surface area (Å²) in [5.41, 5.74) is 2.94. The van der Waals surface area contributed by atoms with Gasteiger partial charge in [-0.25, -0.2) is 0 Å². The van der Waals surface area contributed by atoms with E-state index < -0.39 is 0 Å². The van der Waals surface area contributed by atoms with Crippen molar-refractivity contribution in [3.05, 3.63) is 53.9 Å². The molecule has 0 amide bonds. The smallest absolute Gasteiger partial charge is 0.0492 e. The molecule has 0 bridgehead atoms. The van der Waals surface area contributed by atoms with E-state index in [-0.39, 0.29) is 5.41 Å². The molecule has 1 heterocycles. The Morgan fingerprint density at radius 1 is 1.21 bits per heavy atom. The average molecular weight is 321 g/mol. The van der Waals surface area contributed by atoms with E-state index in [1.807, 2.05) is 17.9 Å². The van der Waals surface area contributed by atoms with E-state index in [1.165, 1.54) is 11.3 Å². The standard InChI is InChI=1S/C16H21BrN2/c1-3-16(13-17,14-7-5-4-6-8-14)11-9-15-10-12-18-19(15)2/h4-8,10,12H,3,9,11,13H2,1-2H3. The fourth-order valence-corrected chi connectivity index (χ4v) is 3.57. The highest BCUT2D eigenvalue weighted by Crippen LogP contribution is 2.34. The van der Waals surface area contributed by atoms with Gasteiger partial charge in [0.2, 0.25) is 0 Å². The summed E-state index contributed by atoms with van der Waals surface area (Å²) in [6.45, 7) is 2.28. The molecule has 0 aliphatic rings. The fourth-order valence-electron chi connectivity index (χ4n) is 2.57. The van der Waals surface area contributed by atoms with Gasteiger partial charge in [-0.2, -0.15) is 5.10 Å². The molecule has 0 saturated carbocycles. The molecule has 2 rings (SSSR count). The van der Waals surface area contributed by atoms with Gasteiger partial charge in [-0.3, -0.25) is 4.68 Å². The minimum Gasteiger partial charge on any atom is -0.273 e. The first-order valence-electron chi connectivity index (χ1n) is 6.80. The zero-order chi connectivity index (χ0) is 13.7. The highest BCUT2D eigenvalue weighted by molar-refractivity contribution is 9.09. The first kappa shape index (κ1) is 14.3. The van der Waals surface area contributed by atoms with Crippen LogP contribution in [0.1, 0.15) is 31.0 Å². The van der Waals surface area contributed by atoms with Crippen LogP contribution in [0.2, 0.25) is 0 Å². The summed E-state index contributed by atoms with van der Waals surface area (Å²) in [6, 6.07) is 12.9. The van der Waals surface area contributed by atoms with Crippen molar-refractivity contribution < 1.29 is 0 Å².